The highest BCUT2D eigenvalue weighted by atomic mass is 19.1. The van der Waals surface area contributed by atoms with E-state index in [2.05, 4.69) is 23.0 Å². The van der Waals surface area contributed by atoms with Gasteiger partial charge in [0.05, 0.1) is 19.4 Å². The minimum Gasteiger partial charge on any atom is -0.507 e. The lowest BCUT2D eigenvalue weighted by molar-refractivity contribution is 0.414. The van der Waals surface area contributed by atoms with Crippen molar-refractivity contribution in [2.24, 2.45) is 4.99 Å². The molecule has 0 fully saturated rings. The molecule has 3 aromatic carbocycles. The predicted molar refractivity (Wildman–Crippen MR) is 124 cm³/mol. The zero-order valence-electron chi connectivity index (χ0n) is 17.4. The van der Waals surface area contributed by atoms with Crippen LogP contribution in [0.5, 0.6) is 11.5 Å². The first-order chi connectivity index (χ1) is 14.9. The van der Waals surface area contributed by atoms with E-state index in [4.69, 9.17) is 4.74 Å². The Bertz CT molecular complexity index is 1210. The molecule has 0 bridgehead atoms. The summed E-state index contributed by atoms with van der Waals surface area (Å²) in [5.74, 6) is 0.407. The van der Waals surface area contributed by atoms with Crippen LogP contribution in [0.2, 0.25) is 0 Å². The molecule has 156 valence electrons. The molecule has 0 saturated carbocycles. The summed E-state index contributed by atoms with van der Waals surface area (Å²) in [7, 11) is 1.65. The number of phenolic OH excluding ortho intramolecular Hbond substituents is 1. The number of anilines is 1. The average molecular weight is 414 g/mol. The van der Waals surface area contributed by atoms with Gasteiger partial charge in [0.1, 0.15) is 17.3 Å². The van der Waals surface area contributed by atoms with Gasteiger partial charge in [-0.25, -0.2) is 4.39 Å². The number of hydrogen-bond acceptors (Lipinski definition) is 4. The van der Waals surface area contributed by atoms with E-state index in [-0.39, 0.29) is 5.75 Å². The third-order valence-corrected chi connectivity index (χ3v) is 5.15. The Morgan fingerprint density at radius 3 is 2.61 bits per heavy atom. The fourth-order valence-corrected chi connectivity index (χ4v) is 3.53. The highest BCUT2D eigenvalue weighted by molar-refractivity contribution is 6.16. The molecule has 4 nitrogen and oxygen atoms in total. The van der Waals surface area contributed by atoms with Crippen LogP contribution in [0.15, 0.2) is 78.3 Å². The molecule has 0 aromatic heterocycles. The van der Waals surface area contributed by atoms with Gasteiger partial charge in [0.25, 0.3) is 0 Å². The number of methoxy groups -OCH3 is 1. The number of benzene rings is 3. The molecule has 2 N–H and O–H groups in total. The Morgan fingerprint density at radius 1 is 1.10 bits per heavy atom. The number of ether oxygens (including phenoxy) is 1. The van der Waals surface area contributed by atoms with Crippen LogP contribution in [0.4, 0.5) is 10.1 Å². The van der Waals surface area contributed by atoms with E-state index < -0.39 is 5.82 Å². The quantitative estimate of drug-likeness (QED) is 0.535. The van der Waals surface area contributed by atoms with Gasteiger partial charge in [0.15, 0.2) is 0 Å². The maximum atomic E-state index is 13.5. The molecule has 0 radical (unpaired) electrons. The molecule has 0 aliphatic carbocycles. The van der Waals surface area contributed by atoms with E-state index in [0.717, 1.165) is 39.4 Å². The van der Waals surface area contributed by atoms with Crippen molar-refractivity contribution in [1.29, 1.82) is 0 Å². The molecule has 0 unspecified atom stereocenters. The van der Waals surface area contributed by atoms with Gasteiger partial charge in [0.2, 0.25) is 0 Å². The van der Waals surface area contributed by atoms with Crippen LogP contribution < -0.4 is 10.1 Å². The molecule has 1 aliphatic heterocycles. The van der Waals surface area contributed by atoms with E-state index in [9.17, 15) is 9.50 Å². The minimum atomic E-state index is -0.403. The van der Waals surface area contributed by atoms with Gasteiger partial charge in [-0.05, 0) is 78.2 Å². The normalized spacial score (nSPS) is 12.9. The number of aliphatic imine (C=N–C) groups is 1. The SMILES string of the molecule is C=C(Nc1ccc(C2=CC(c3cc(F)ccc3O)=NC2)cc1)c1cc(C)cc(OC)c1. The number of nitrogens with one attached hydrogen (secondary N) is 1. The van der Waals surface area contributed by atoms with Crippen molar-refractivity contribution >= 4 is 22.7 Å². The molecule has 1 heterocycles. The Kier molecular flexibility index (Phi) is 5.58. The molecule has 1 aliphatic rings. The maximum Gasteiger partial charge on any atom is 0.125 e. The van der Waals surface area contributed by atoms with Crippen molar-refractivity contribution in [3.05, 3.63) is 101 Å². The van der Waals surface area contributed by atoms with Crippen molar-refractivity contribution < 1.29 is 14.2 Å². The molecule has 0 saturated heterocycles. The van der Waals surface area contributed by atoms with Gasteiger partial charge in [-0.2, -0.15) is 0 Å². The maximum absolute atomic E-state index is 13.5. The van der Waals surface area contributed by atoms with Crippen molar-refractivity contribution in [2.75, 3.05) is 19.0 Å². The summed E-state index contributed by atoms with van der Waals surface area (Å²) in [6.45, 7) is 6.64. The second-order valence-corrected chi connectivity index (χ2v) is 7.45. The number of aryl methyl sites for hydroxylation is 1. The monoisotopic (exact) mass is 414 g/mol. The van der Waals surface area contributed by atoms with E-state index in [0.29, 0.717) is 17.8 Å². The molecule has 0 amide bonds. The van der Waals surface area contributed by atoms with Crippen LogP contribution in [0.1, 0.15) is 22.3 Å². The summed E-state index contributed by atoms with van der Waals surface area (Å²) in [6.07, 6.45) is 1.88. The highest BCUT2D eigenvalue weighted by Crippen LogP contribution is 2.28. The average Bonchev–Trinajstić information content (AvgIpc) is 3.25. The molecular weight excluding hydrogens is 391 g/mol. The first-order valence-electron chi connectivity index (χ1n) is 9.89. The smallest absolute Gasteiger partial charge is 0.125 e. The standard InChI is InChI=1S/C26H23FN2O2/c1-16-10-19(12-23(11-16)31-3)17(2)29-22-7-4-18(5-8-22)20-13-25(28-15-20)24-14-21(27)6-9-26(24)30/h4-14,29-30H,2,15H2,1,3H3. The van der Waals surface area contributed by atoms with E-state index in [1.54, 1.807) is 7.11 Å². The second kappa shape index (κ2) is 8.48. The van der Waals surface area contributed by atoms with Gasteiger partial charge in [-0.15, -0.1) is 0 Å². The third-order valence-electron chi connectivity index (χ3n) is 5.15. The zero-order chi connectivity index (χ0) is 22.0. The fourth-order valence-electron chi connectivity index (χ4n) is 3.53. The minimum absolute atomic E-state index is 0.0171. The van der Waals surface area contributed by atoms with Crippen LogP contribution >= 0.6 is 0 Å². The molecule has 0 atom stereocenters. The number of allylic oxidation sites excluding steroid dienone is 1. The number of nitrogens with zero attached hydrogens (tertiary/aromatic N) is 1. The van der Waals surface area contributed by atoms with E-state index in [1.165, 1.54) is 18.2 Å². The third kappa shape index (κ3) is 4.51. The number of aromatic hydroxyl groups is 1. The first kappa shape index (κ1) is 20.4. The van der Waals surface area contributed by atoms with Crippen molar-refractivity contribution in [3.63, 3.8) is 0 Å². The molecule has 4 rings (SSSR count). The Labute approximate surface area is 181 Å². The van der Waals surface area contributed by atoms with E-state index in [1.807, 2.05) is 49.4 Å². The number of rotatable bonds is 6. The van der Waals surface area contributed by atoms with Gasteiger partial charge < -0.3 is 15.2 Å². The molecule has 0 spiro atoms. The second-order valence-electron chi connectivity index (χ2n) is 7.45. The summed E-state index contributed by atoms with van der Waals surface area (Å²) < 4.78 is 18.9. The van der Waals surface area contributed by atoms with Gasteiger partial charge in [-0.1, -0.05) is 18.7 Å². The summed E-state index contributed by atoms with van der Waals surface area (Å²) in [4.78, 5) is 4.46. The van der Waals surface area contributed by atoms with Crippen molar-refractivity contribution in [3.8, 4) is 11.5 Å². The number of halogens is 1. The first-order valence-corrected chi connectivity index (χ1v) is 9.89. The largest absolute Gasteiger partial charge is 0.507 e. The van der Waals surface area contributed by atoms with Crippen LogP contribution in [0.3, 0.4) is 0 Å². The topological polar surface area (TPSA) is 53.8 Å². The van der Waals surface area contributed by atoms with E-state index >= 15 is 0 Å². The number of phenols is 1. The molecule has 5 heteroatoms. The summed E-state index contributed by atoms with van der Waals surface area (Å²) in [5.41, 5.74) is 6.76. The summed E-state index contributed by atoms with van der Waals surface area (Å²) in [6, 6.07) is 17.8. The van der Waals surface area contributed by atoms with Crippen molar-refractivity contribution in [2.45, 2.75) is 6.92 Å². The Hall–Kier alpha value is -3.86. The molecule has 31 heavy (non-hydrogen) atoms. The molecule has 3 aromatic rings. The van der Waals surface area contributed by atoms with Gasteiger partial charge >= 0.3 is 0 Å². The molecular formula is C26H23FN2O2. The highest BCUT2D eigenvalue weighted by Gasteiger charge is 2.15. The lowest BCUT2D eigenvalue weighted by Crippen LogP contribution is -1.99. The van der Waals surface area contributed by atoms with Crippen LogP contribution in [0.25, 0.3) is 11.3 Å². The Balaban J connectivity index is 1.48. The number of hydrogen-bond donors (Lipinski definition) is 2. The summed E-state index contributed by atoms with van der Waals surface area (Å²) in [5, 5.41) is 13.3. The van der Waals surface area contributed by atoms with Crippen LogP contribution in [-0.2, 0) is 0 Å². The Morgan fingerprint density at radius 2 is 1.87 bits per heavy atom. The lowest BCUT2D eigenvalue weighted by atomic mass is 10.0. The van der Waals surface area contributed by atoms with Gasteiger partial charge in [0, 0.05) is 22.5 Å². The predicted octanol–water partition coefficient (Wildman–Crippen LogP) is 5.82. The fraction of sp³-hybridized carbons (Fsp3) is 0.115. The summed E-state index contributed by atoms with van der Waals surface area (Å²) >= 11 is 0. The van der Waals surface area contributed by atoms with Crippen molar-refractivity contribution in [1.82, 2.24) is 0 Å². The van der Waals surface area contributed by atoms with Crippen LogP contribution in [-0.4, -0.2) is 24.5 Å². The lowest BCUT2D eigenvalue weighted by Gasteiger charge is -2.13. The van der Waals surface area contributed by atoms with Crippen LogP contribution in [0, 0.1) is 12.7 Å². The van der Waals surface area contributed by atoms with Gasteiger partial charge in [-0.3, -0.25) is 4.99 Å². The zero-order valence-corrected chi connectivity index (χ0v) is 17.4.